The molecule has 0 aliphatic rings. The van der Waals surface area contributed by atoms with Crippen LogP contribution < -0.4 is 10.6 Å². The first-order valence-electron chi connectivity index (χ1n) is 5.39. The second-order valence-corrected chi connectivity index (χ2v) is 5.61. The summed E-state index contributed by atoms with van der Waals surface area (Å²) in [7, 11) is 0. The molecule has 0 saturated carbocycles. The fraction of sp³-hybridized carbons (Fsp3) is 0.800. The highest BCUT2D eigenvalue weighted by Gasteiger charge is 2.16. The first-order valence-corrected chi connectivity index (χ1v) is 6.62. The Hall–Kier alpha value is -0.750. The lowest BCUT2D eigenvalue weighted by Crippen LogP contribution is -2.25. The normalized spacial score (nSPS) is 11.8. The van der Waals surface area contributed by atoms with Gasteiger partial charge in [0.1, 0.15) is 0 Å². The van der Waals surface area contributed by atoms with Crippen LogP contribution in [0.2, 0.25) is 0 Å². The van der Waals surface area contributed by atoms with Crippen molar-refractivity contribution in [1.29, 1.82) is 0 Å². The highest BCUT2D eigenvalue weighted by atomic mass is 32.2. The van der Waals surface area contributed by atoms with Crippen LogP contribution in [0, 0.1) is 0 Å². The zero-order valence-corrected chi connectivity index (χ0v) is 11.1. The lowest BCUT2D eigenvalue weighted by Gasteiger charge is -2.21. The molecule has 0 bridgehead atoms. The summed E-state index contributed by atoms with van der Waals surface area (Å²) in [5.41, 5.74) is 0. The van der Waals surface area contributed by atoms with Gasteiger partial charge in [0.25, 0.3) is 0 Å². The third kappa shape index (κ3) is 4.40. The Morgan fingerprint density at radius 3 is 2.75 bits per heavy atom. The predicted molar refractivity (Wildman–Crippen MR) is 67.8 cm³/mol. The van der Waals surface area contributed by atoms with Crippen LogP contribution in [0.3, 0.4) is 0 Å². The fourth-order valence-corrected chi connectivity index (χ4v) is 1.21. The first kappa shape index (κ1) is 13.3. The van der Waals surface area contributed by atoms with E-state index in [1.165, 1.54) is 0 Å². The molecule has 1 aromatic heterocycles. The SMILES string of the molecule is CCNCc1nnc(NCC(C)(C)SC)o1. The van der Waals surface area contributed by atoms with E-state index in [2.05, 4.69) is 40.9 Å². The molecule has 1 rings (SSSR count). The van der Waals surface area contributed by atoms with Crippen LogP contribution in [0.1, 0.15) is 26.7 Å². The highest BCUT2D eigenvalue weighted by molar-refractivity contribution is 7.99. The summed E-state index contributed by atoms with van der Waals surface area (Å²) in [4.78, 5) is 0. The maximum Gasteiger partial charge on any atom is 0.315 e. The van der Waals surface area contributed by atoms with Crippen LogP contribution in [0.4, 0.5) is 6.01 Å². The van der Waals surface area contributed by atoms with E-state index in [1.807, 2.05) is 6.92 Å². The maximum atomic E-state index is 5.42. The molecule has 6 heteroatoms. The third-order valence-corrected chi connectivity index (χ3v) is 3.46. The lowest BCUT2D eigenvalue weighted by molar-refractivity contribution is 0.480. The number of aromatic nitrogens is 2. The number of nitrogens with one attached hydrogen (secondary N) is 2. The Morgan fingerprint density at radius 1 is 1.38 bits per heavy atom. The zero-order valence-electron chi connectivity index (χ0n) is 10.3. The molecule has 0 atom stereocenters. The molecular weight excluding hydrogens is 224 g/mol. The third-order valence-electron chi connectivity index (χ3n) is 2.21. The van der Waals surface area contributed by atoms with Crippen molar-refractivity contribution in [2.45, 2.75) is 32.1 Å². The van der Waals surface area contributed by atoms with Gasteiger partial charge in [-0.1, -0.05) is 12.0 Å². The Labute approximate surface area is 101 Å². The quantitative estimate of drug-likeness (QED) is 0.761. The molecule has 0 unspecified atom stereocenters. The first-order chi connectivity index (χ1) is 7.57. The van der Waals surface area contributed by atoms with Gasteiger partial charge in [0.05, 0.1) is 6.54 Å². The Morgan fingerprint density at radius 2 is 2.12 bits per heavy atom. The van der Waals surface area contributed by atoms with Crippen molar-refractivity contribution >= 4 is 17.8 Å². The van der Waals surface area contributed by atoms with Crippen molar-refractivity contribution < 1.29 is 4.42 Å². The van der Waals surface area contributed by atoms with Gasteiger partial charge in [-0.2, -0.15) is 11.8 Å². The Kier molecular flexibility index (Phi) is 5.08. The van der Waals surface area contributed by atoms with Gasteiger partial charge in [-0.15, -0.1) is 5.10 Å². The van der Waals surface area contributed by atoms with Crippen molar-refractivity contribution in [3.63, 3.8) is 0 Å². The topological polar surface area (TPSA) is 63.0 Å². The van der Waals surface area contributed by atoms with Gasteiger partial charge in [0, 0.05) is 11.3 Å². The molecule has 1 heterocycles. The number of nitrogens with zero attached hydrogens (tertiary/aromatic N) is 2. The Bertz CT molecular complexity index is 314. The second-order valence-electron chi connectivity index (χ2n) is 4.10. The van der Waals surface area contributed by atoms with Gasteiger partial charge in [0.2, 0.25) is 5.89 Å². The molecule has 0 aliphatic carbocycles. The minimum Gasteiger partial charge on any atom is -0.407 e. The number of hydrogen-bond donors (Lipinski definition) is 2. The molecule has 0 amide bonds. The van der Waals surface area contributed by atoms with Gasteiger partial charge in [-0.3, -0.25) is 0 Å². The molecule has 0 spiro atoms. The summed E-state index contributed by atoms with van der Waals surface area (Å²) < 4.78 is 5.58. The average Bonchev–Trinajstić information content (AvgIpc) is 2.72. The number of thioether (sulfide) groups is 1. The van der Waals surface area contributed by atoms with Crippen LogP contribution >= 0.6 is 11.8 Å². The van der Waals surface area contributed by atoms with E-state index in [4.69, 9.17) is 4.42 Å². The maximum absolute atomic E-state index is 5.42. The van der Waals surface area contributed by atoms with Crippen molar-refractivity contribution in [2.24, 2.45) is 0 Å². The summed E-state index contributed by atoms with van der Waals surface area (Å²) in [5.74, 6) is 0.617. The van der Waals surface area contributed by atoms with Crippen LogP contribution in [-0.2, 0) is 6.54 Å². The Balaban J connectivity index is 2.40. The molecule has 92 valence electrons. The van der Waals surface area contributed by atoms with Crippen molar-refractivity contribution in [1.82, 2.24) is 15.5 Å². The molecule has 0 aromatic carbocycles. The van der Waals surface area contributed by atoms with Gasteiger partial charge in [0.15, 0.2) is 0 Å². The van der Waals surface area contributed by atoms with Crippen molar-refractivity contribution in [3.8, 4) is 0 Å². The molecule has 0 fully saturated rings. The highest BCUT2D eigenvalue weighted by Crippen LogP contribution is 2.21. The second kappa shape index (κ2) is 6.10. The van der Waals surface area contributed by atoms with Crippen LogP contribution in [0.15, 0.2) is 4.42 Å². The molecule has 0 saturated heterocycles. The molecule has 2 N–H and O–H groups in total. The van der Waals surface area contributed by atoms with E-state index >= 15 is 0 Å². The lowest BCUT2D eigenvalue weighted by atomic mass is 10.2. The largest absolute Gasteiger partial charge is 0.407 e. The van der Waals surface area contributed by atoms with E-state index in [9.17, 15) is 0 Å². The summed E-state index contributed by atoms with van der Waals surface area (Å²) in [6.45, 7) is 8.69. The number of hydrogen-bond acceptors (Lipinski definition) is 6. The van der Waals surface area contributed by atoms with E-state index in [1.54, 1.807) is 11.8 Å². The molecule has 16 heavy (non-hydrogen) atoms. The van der Waals surface area contributed by atoms with Crippen molar-refractivity contribution in [2.75, 3.05) is 24.7 Å². The van der Waals surface area contributed by atoms with Crippen LogP contribution in [-0.4, -0.2) is 34.3 Å². The minimum absolute atomic E-state index is 0.163. The molecule has 1 aromatic rings. The van der Waals surface area contributed by atoms with E-state index in [0.717, 1.165) is 13.1 Å². The molecule has 5 nitrogen and oxygen atoms in total. The van der Waals surface area contributed by atoms with E-state index < -0.39 is 0 Å². The summed E-state index contributed by atoms with van der Waals surface area (Å²) in [6, 6.07) is 0.495. The smallest absolute Gasteiger partial charge is 0.315 e. The zero-order chi connectivity index (χ0) is 12.0. The summed E-state index contributed by atoms with van der Waals surface area (Å²) >= 11 is 1.80. The standard InChI is InChI=1S/C10H20N4OS/c1-5-11-6-8-13-14-9(15-8)12-7-10(2,3)16-4/h11H,5-7H2,1-4H3,(H,12,14). The predicted octanol–water partition coefficient (Wildman–Crippen LogP) is 1.73. The summed E-state index contributed by atoms with van der Waals surface area (Å²) in [5, 5.41) is 14.1. The van der Waals surface area contributed by atoms with Gasteiger partial charge in [-0.25, -0.2) is 0 Å². The number of rotatable bonds is 7. The summed E-state index contributed by atoms with van der Waals surface area (Å²) in [6.07, 6.45) is 2.09. The molecule has 0 aliphatic heterocycles. The van der Waals surface area contributed by atoms with Crippen molar-refractivity contribution in [3.05, 3.63) is 5.89 Å². The average molecular weight is 244 g/mol. The van der Waals surface area contributed by atoms with E-state index in [0.29, 0.717) is 18.5 Å². The minimum atomic E-state index is 0.163. The monoisotopic (exact) mass is 244 g/mol. The van der Waals surface area contributed by atoms with Crippen LogP contribution in [0.25, 0.3) is 0 Å². The number of anilines is 1. The van der Waals surface area contributed by atoms with Gasteiger partial charge >= 0.3 is 6.01 Å². The van der Waals surface area contributed by atoms with Gasteiger partial charge < -0.3 is 15.1 Å². The van der Waals surface area contributed by atoms with Gasteiger partial charge in [-0.05, 0) is 26.6 Å². The van der Waals surface area contributed by atoms with Crippen LogP contribution in [0.5, 0.6) is 0 Å². The fourth-order valence-electron chi connectivity index (χ4n) is 0.989. The molecular formula is C10H20N4OS. The molecule has 0 radical (unpaired) electrons. The van der Waals surface area contributed by atoms with E-state index in [-0.39, 0.29) is 4.75 Å².